The summed E-state index contributed by atoms with van der Waals surface area (Å²) in [5.74, 6) is 0.0845. The van der Waals surface area contributed by atoms with E-state index in [-0.39, 0.29) is 11.3 Å². The zero-order valence-corrected chi connectivity index (χ0v) is 11.7. The molecule has 0 saturated carbocycles. The molecule has 0 aromatic rings. The number of aliphatic hydroxyl groups excluding tert-OH is 1. The lowest BCUT2D eigenvalue weighted by Gasteiger charge is -2.27. The van der Waals surface area contributed by atoms with Crippen molar-refractivity contribution in [2.75, 3.05) is 39.4 Å². The molecule has 106 valence electrons. The Morgan fingerprint density at radius 3 is 2.56 bits per heavy atom. The number of aliphatic hydroxyl groups is 1. The lowest BCUT2D eigenvalue weighted by Crippen LogP contribution is -2.45. The second-order valence-corrected chi connectivity index (χ2v) is 6.04. The molecule has 5 nitrogen and oxygen atoms in total. The predicted octanol–water partition coefficient (Wildman–Crippen LogP) is 0.232. The van der Waals surface area contributed by atoms with E-state index >= 15 is 0 Å². The molecule has 0 aromatic heterocycles. The van der Waals surface area contributed by atoms with Crippen molar-refractivity contribution in [3.8, 4) is 0 Å². The number of amides is 1. The molecule has 1 aliphatic rings. The van der Waals surface area contributed by atoms with Gasteiger partial charge in [-0.05, 0) is 11.8 Å². The van der Waals surface area contributed by atoms with Gasteiger partial charge in [-0.25, -0.2) is 0 Å². The third-order valence-corrected chi connectivity index (χ3v) is 2.87. The number of carbonyl (C=O) groups excluding carboxylic acids is 1. The summed E-state index contributed by atoms with van der Waals surface area (Å²) < 4.78 is 5.19. The first-order valence-corrected chi connectivity index (χ1v) is 6.63. The van der Waals surface area contributed by atoms with Crippen molar-refractivity contribution >= 4 is 5.91 Å². The zero-order valence-electron chi connectivity index (χ0n) is 11.7. The number of morpholine rings is 1. The number of nitrogens with zero attached hydrogens (tertiary/aromatic N) is 1. The Bertz CT molecular complexity index is 257. The van der Waals surface area contributed by atoms with Crippen LogP contribution in [-0.4, -0.2) is 61.4 Å². The summed E-state index contributed by atoms with van der Waals surface area (Å²) in [4.78, 5) is 13.6. The van der Waals surface area contributed by atoms with Gasteiger partial charge in [-0.15, -0.1) is 0 Å². The van der Waals surface area contributed by atoms with Gasteiger partial charge < -0.3 is 20.1 Å². The summed E-state index contributed by atoms with van der Waals surface area (Å²) in [5.41, 5.74) is 0.106. The van der Waals surface area contributed by atoms with Gasteiger partial charge in [0.05, 0.1) is 25.9 Å². The molecular formula is C13H26N2O3. The number of hydrogen-bond donors (Lipinski definition) is 2. The summed E-state index contributed by atoms with van der Waals surface area (Å²) in [5, 5.41) is 12.8. The maximum Gasteiger partial charge on any atom is 0.236 e. The van der Waals surface area contributed by atoms with Crippen LogP contribution >= 0.6 is 0 Å². The van der Waals surface area contributed by atoms with Crippen molar-refractivity contribution in [3.63, 3.8) is 0 Å². The third kappa shape index (κ3) is 6.33. The van der Waals surface area contributed by atoms with Gasteiger partial charge in [-0.2, -0.15) is 0 Å². The van der Waals surface area contributed by atoms with Crippen molar-refractivity contribution in [3.05, 3.63) is 0 Å². The fourth-order valence-corrected chi connectivity index (χ4v) is 2.05. The third-order valence-electron chi connectivity index (χ3n) is 2.87. The molecule has 1 aliphatic heterocycles. The van der Waals surface area contributed by atoms with Crippen LogP contribution in [0.2, 0.25) is 0 Å². The Hall–Kier alpha value is -0.650. The Morgan fingerprint density at radius 1 is 1.39 bits per heavy atom. The molecule has 1 heterocycles. The minimum Gasteiger partial charge on any atom is -0.392 e. The van der Waals surface area contributed by atoms with Crippen LogP contribution in [0, 0.1) is 5.41 Å². The molecule has 1 saturated heterocycles. The second kappa shape index (κ2) is 7.07. The number of hydrogen-bond acceptors (Lipinski definition) is 4. The van der Waals surface area contributed by atoms with Gasteiger partial charge >= 0.3 is 0 Å². The van der Waals surface area contributed by atoms with Gasteiger partial charge in [0.15, 0.2) is 0 Å². The van der Waals surface area contributed by atoms with Gasteiger partial charge in [-0.3, -0.25) is 4.79 Å². The molecule has 0 bridgehead atoms. The first-order chi connectivity index (χ1) is 8.38. The number of nitrogens with one attached hydrogen (secondary N) is 1. The van der Waals surface area contributed by atoms with Crippen molar-refractivity contribution in [1.29, 1.82) is 0 Å². The predicted molar refractivity (Wildman–Crippen MR) is 70.3 cm³/mol. The standard InChI is InChI=1S/C13H26N2O3/c1-13(2,3)8-11(16)9-14-10-12(17)15-4-6-18-7-5-15/h11,14,16H,4-10H2,1-3H3. The second-order valence-electron chi connectivity index (χ2n) is 6.04. The van der Waals surface area contributed by atoms with Crippen LogP contribution in [0.3, 0.4) is 0 Å². The van der Waals surface area contributed by atoms with Gasteiger partial charge in [0.2, 0.25) is 5.91 Å². The molecule has 1 atom stereocenters. The van der Waals surface area contributed by atoms with E-state index in [9.17, 15) is 9.90 Å². The van der Waals surface area contributed by atoms with E-state index < -0.39 is 6.10 Å². The number of ether oxygens (including phenoxy) is 1. The fraction of sp³-hybridized carbons (Fsp3) is 0.923. The molecule has 0 aliphatic carbocycles. The van der Waals surface area contributed by atoms with Crippen LogP contribution in [0.25, 0.3) is 0 Å². The summed E-state index contributed by atoms with van der Waals surface area (Å²) in [7, 11) is 0. The van der Waals surface area contributed by atoms with Gasteiger partial charge in [0, 0.05) is 19.6 Å². The first-order valence-electron chi connectivity index (χ1n) is 6.63. The highest BCUT2D eigenvalue weighted by atomic mass is 16.5. The van der Waals surface area contributed by atoms with E-state index in [1.807, 2.05) is 0 Å². The summed E-state index contributed by atoms with van der Waals surface area (Å²) in [6.07, 6.45) is 0.327. The average molecular weight is 258 g/mol. The number of carbonyl (C=O) groups is 1. The molecule has 2 N–H and O–H groups in total. The van der Waals surface area contributed by atoms with Crippen LogP contribution in [0.15, 0.2) is 0 Å². The van der Waals surface area contributed by atoms with E-state index in [4.69, 9.17) is 4.74 Å². The molecule has 1 amide bonds. The van der Waals surface area contributed by atoms with Crippen LogP contribution in [0.5, 0.6) is 0 Å². The normalized spacial score (nSPS) is 18.8. The van der Waals surface area contributed by atoms with Crippen molar-refractivity contribution < 1.29 is 14.6 Å². The van der Waals surface area contributed by atoms with E-state index in [2.05, 4.69) is 26.1 Å². The molecule has 18 heavy (non-hydrogen) atoms. The molecular weight excluding hydrogens is 232 g/mol. The Kier molecular flexibility index (Phi) is 6.05. The molecule has 0 radical (unpaired) electrons. The Balaban J connectivity index is 2.14. The van der Waals surface area contributed by atoms with Crippen LogP contribution in [0.1, 0.15) is 27.2 Å². The molecule has 1 fully saturated rings. The van der Waals surface area contributed by atoms with Gasteiger partial charge in [0.25, 0.3) is 0 Å². The maximum absolute atomic E-state index is 11.8. The highest BCUT2D eigenvalue weighted by Gasteiger charge is 2.18. The largest absolute Gasteiger partial charge is 0.392 e. The summed E-state index contributed by atoms with van der Waals surface area (Å²) in [6.45, 7) is 9.63. The molecule has 1 rings (SSSR count). The van der Waals surface area contributed by atoms with Gasteiger partial charge in [0.1, 0.15) is 0 Å². The minimum absolute atomic E-state index is 0.0845. The van der Waals surface area contributed by atoms with Crippen molar-refractivity contribution in [2.24, 2.45) is 5.41 Å². The highest BCUT2D eigenvalue weighted by Crippen LogP contribution is 2.20. The lowest BCUT2D eigenvalue weighted by atomic mass is 9.89. The average Bonchev–Trinajstić information content (AvgIpc) is 2.27. The van der Waals surface area contributed by atoms with Crippen molar-refractivity contribution in [1.82, 2.24) is 10.2 Å². The monoisotopic (exact) mass is 258 g/mol. The molecule has 0 spiro atoms. The van der Waals surface area contributed by atoms with Crippen molar-refractivity contribution in [2.45, 2.75) is 33.3 Å². The summed E-state index contributed by atoms with van der Waals surface area (Å²) >= 11 is 0. The fourth-order valence-electron chi connectivity index (χ4n) is 2.05. The molecule has 5 heteroatoms. The smallest absolute Gasteiger partial charge is 0.236 e. The van der Waals surface area contributed by atoms with E-state index in [1.165, 1.54) is 0 Å². The number of rotatable bonds is 5. The quantitative estimate of drug-likeness (QED) is 0.741. The van der Waals surface area contributed by atoms with Crippen LogP contribution in [0.4, 0.5) is 0 Å². The molecule has 0 aromatic carbocycles. The maximum atomic E-state index is 11.8. The van der Waals surface area contributed by atoms with Gasteiger partial charge in [-0.1, -0.05) is 20.8 Å². The Labute approximate surface area is 109 Å². The van der Waals surface area contributed by atoms with Crippen LogP contribution in [-0.2, 0) is 9.53 Å². The topological polar surface area (TPSA) is 61.8 Å². The highest BCUT2D eigenvalue weighted by molar-refractivity contribution is 5.78. The minimum atomic E-state index is -0.400. The first kappa shape index (κ1) is 15.4. The SMILES string of the molecule is CC(C)(C)CC(O)CNCC(=O)N1CCOCC1. The zero-order chi connectivity index (χ0) is 13.6. The summed E-state index contributed by atoms with van der Waals surface area (Å²) in [6, 6.07) is 0. The molecule has 1 unspecified atom stereocenters. The van der Waals surface area contributed by atoms with E-state index in [1.54, 1.807) is 4.90 Å². The van der Waals surface area contributed by atoms with E-state index in [0.29, 0.717) is 39.4 Å². The Morgan fingerprint density at radius 2 is 2.00 bits per heavy atom. The lowest BCUT2D eigenvalue weighted by molar-refractivity contribution is -0.134. The van der Waals surface area contributed by atoms with Crippen LogP contribution < -0.4 is 5.32 Å². The van der Waals surface area contributed by atoms with E-state index in [0.717, 1.165) is 6.42 Å².